The van der Waals surface area contributed by atoms with Gasteiger partial charge in [0, 0.05) is 27.2 Å². The normalized spacial score (nSPS) is 16.7. The van der Waals surface area contributed by atoms with Crippen LogP contribution in [0.3, 0.4) is 0 Å². The average Bonchev–Trinajstić information content (AvgIpc) is 3.38. The van der Waals surface area contributed by atoms with E-state index < -0.39 is 0 Å². The van der Waals surface area contributed by atoms with Crippen LogP contribution in [0.5, 0.6) is 0 Å². The molecule has 9 heteroatoms. The van der Waals surface area contributed by atoms with Gasteiger partial charge in [-0.05, 0) is 45.0 Å². The predicted octanol–water partition coefficient (Wildman–Crippen LogP) is 1.63. The van der Waals surface area contributed by atoms with Crippen LogP contribution in [0, 0.1) is 6.92 Å². The first-order valence-electron chi connectivity index (χ1n) is 10.3. The maximum atomic E-state index is 5.74. The Bertz CT molecular complexity index is 751. The number of furan rings is 1. The molecule has 2 aromatic heterocycles. The summed E-state index contributed by atoms with van der Waals surface area (Å²) in [6.07, 6.45) is 5.51. The second-order valence-corrected chi connectivity index (χ2v) is 7.32. The molecule has 1 aliphatic rings. The molecule has 0 spiro atoms. The molecule has 0 aliphatic carbocycles. The van der Waals surface area contributed by atoms with Gasteiger partial charge in [-0.1, -0.05) is 6.42 Å². The van der Waals surface area contributed by atoms with Crippen LogP contribution in [0.25, 0.3) is 0 Å². The molecule has 0 saturated carbocycles. The van der Waals surface area contributed by atoms with Crippen molar-refractivity contribution >= 4 is 5.96 Å². The fraction of sp³-hybridized carbons (Fsp3) is 0.650. The van der Waals surface area contributed by atoms with Gasteiger partial charge in [-0.25, -0.2) is 4.99 Å². The number of likely N-dealkylation sites (tertiary alicyclic amines) is 1. The summed E-state index contributed by atoms with van der Waals surface area (Å²) < 4.78 is 12.9. The first kappa shape index (κ1) is 21.3. The minimum atomic E-state index is 0.178. The summed E-state index contributed by atoms with van der Waals surface area (Å²) in [6, 6.07) is 4.18. The monoisotopic (exact) mass is 403 g/mol. The quantitative estimate of drug-likeness (QED) is 0.373. The summed E-state index contributed by atoms with van der Waals surface area (Å²) >= 11 is 0. The van der Waals surface area contributed by atoms with Crippen molar-refractivity contribution in [2.75, 3.05) is 39.9 Å². The summed E-state index contributed by atoms with van der Waals surface area (Å²) in [5, 5.41) is 15.1. The minimum Gasteiger partial charge on any atom is -0.468 e. The zero-order valence-electron chi connectivity index (χ0n) is 17.7. The van der Waals surface area contributed by atoms with E-state index in [0.717, 1.165) is 36.5 Å². The van der Waals surface area contributed by atoms with Gasteiger partial charge in [0.25, 0.3) is 0 Å². The third-order valence-corrected chi connectivity index (χ3v) is 5.33. The molecule has 2 N–H and O–H groups in total. The molecule has 1 fully saturated rings. The fourth-order valence-electron chi connectivity index (χ4n) is 3.50. The number of hydrogen-bond donors (Lipinski definition) is 2. The minimum absolute atomic E-state index is 0.178. The highest BCUT2D eigenvalue weighted by Crippen LogP contribution is 2.24. The van der Waals surface area contributed by atoms with E-state index in [0.29, 0.717) is 26.2 Å². The first-order chi connectivity index (χ1) is 14.2. The van der Waals surface area contributed by atoms with Gasteiger partial charge in [-0.3, -0.25) is 4.90 Å². The highest BCUT2D eigenvalue weighted by molar-refractivity contribution is 5.79. The van der Waals surface area contributed by atoms with E-state index in [9.17, 15) is 0 Å². The molecular formula is C20H33N7O2. The molecule has 9 nitrogen and oxygen atoms in total. The van der Waals surface area contributed by atoms with E-state index >= 15 is 0 Å². The van der Waals surface area contributed by atoms with E-state index in [1.807, 2.05) is 24.6 Å². The molecule has 0 amide bonds. The maximum absolute atomic E-state index is 5.74. The van der Waals surface area contributed by atoms with Gasteiger partial charge in [0.2, 0.25) is 0 Å². The second kappa shape index (κ2) is 11.0. The lowest BCUT2D eigenvalue weighted by atomic mass is 10.1. The Hall–Kier alpha value is -2.39. The summed E-state index contributed by atoms with van der Waals surface area (Å²) in [6.45, 7) is 6.57. The van der Waals surface area contributed by atoms with Gasteiger partial charge in [0.1, 0.15) is 18.1 Å². The van der Waals surface area contributed by atoms with Crippen molar-refractivity contribution in [1.29, 1.82) is 0 Å². The number of rotatable bonds is 9. The molecule has 1 saturated heterocycles. The largest absolute Gasteiger partial charge is 0.468 e. The van der Waals surface area contributed by atoms with E-state index in [2.05, 4.69) is 31.8 Å². The number of nitrogens with one attached hydrogen (secondary N) is 2. The number of piperidine rings is 1. The number of aliphatic imine (C=N–C) groups is 1. The van der Waals surface area contributed by atoms with Gasteiger partial charge >= 0.3 is 0 Å². The van der Waals surface area contributed by atoms with Crippen LogP contribution in [0.15, 0.2) is 27.8 Å². The van der Waals surface area contributed by atoms with Crippen molar-refractivity contribution in [3.63, 3.8) is 0 Å². The number of guanidine groups is 1. The van der Waals surface area contributed by atoms with Crippen LogP contribution < -0.4 is 10.6 Å². The predicted molar refractivity (Wildman–Crippen MR) is 112 cm³/mol. The van der Waals surface area contributed by atoms with E-state index in [1.54, 1.807) is 13.4 Å². The molecular weight excluding hydrogens is 370 g/mol. The third kappa shape index (κ3) is 6.04. The molecule has 160 valence electrons. The summed E-state index contributed by atoms with van der Waals surface area (Å²) in [4.78, 5) is 7.20. The van der Waals surface area contributed by atoms with Crippen molar-refractivity contribution in [3.05, 3.63) is 35.8 Å². The highest BCUT2D eigenvalue weighted by atomic mass is 16.5. The zero-order valence-corrected chi connectivity index (χ0v) is 17.7. The van der Waals surface area contributed by atoms with Gasteiger partial charge < -0.3 is 24.4 Å². The Balaban J connectivity index is 1.67. The van der Waals surface area contributed by atoms with Crippen molar-refractivity contribution in [3.8, 4) is 0 Å². The molecule has 1 aliphatic heterocycles. The molecule has 29 heavy (non-hydrogen) atoms. The number of aryl methyl sites for hydroxylation is 1. The average molecular weight is 404 g/mol. The Morgan fingerprint density at radius 1 is 1.28 bits per heavy atom. The molecule has 2 aromatic rings. The van der Waals surface area contributed by atoms with Crippen LogP contribution in [0.1, 0.15) is 42.7 Å². The zero-order chi connectivity index (χ0) is 20.5. The highest BCUT2D eigenvalue weighted by Gasteiger charge is 2.24. The van der Waals surface area contributed by atoms with Crippen molar-refractivity contribution < 1.29 is 9.15 Å². The number of hydrogen-bond acceptors (Lipinski definition) is 6. The Morgan fingerprint density at radius 3 is 2.76 bits per heavy atom. The van der Waals surface area contributed by atoms with Crippen molar-refractivity contribution in [2.45, 2.75) is 38.8 Å². The maximum Gasteiger partial charge on any atom is 0.191 e. The number of aromatic nitrogens is 3. The van der Waals surface area contributed by atoms with Gasteiger partial charge in [-0.2, -0.15) is 0 Å². The Kier molecular flexibility index (Phi) is 8.06. The van der Waals surface area contributed by atoms with Crippen LogP contribution >= 0.6 is 0 Å². The lowest BCUT2D eigenvalue weighted by Crippen LogP contribution is -2.45. The summed E-state index contributed by atoms with van der Waals surface area (Å²) in [5.41, 5.74) is 0. The van der Waals surface area contributed by atoms with Crippen molar-refractivity contribution in [1.82, 2.24) is 30.3 Å². The molecule has 0 bridgehead atoms. The number of ether oxygens (including phenoxy) is 1. The number of nitrogens with zero attached hydrogens (tertiary/aromatic N) is 5. The van der Waals surface area contributed by atoms with Crippen molar-refractivity contribution in [2.24, 2.45) is 12.0 Å². The van der Waals surface area contributed by atoms with Gasteiger partial charge in [0.05, 0.1) is 18.9 Å². The van der Waals surface area contributed by atoms with Crippen LogP contribution in [-0.4, -0.2) is 65.5 Å². The van der Waals surface area contributed by atoms with Gasteiger partial charge in [-0.15, -0.1) is 10.2 Å². The van der Waals surface area contributed by atoms with Gasteiger partial charge in [0.15, 0.2) is 11.8 Å². The molecule has 0 aromatic carbocycles. The lowest BCUT2D eigenvalue weighted by Gasteiger charge is -2.33. The summed E-state index contributed by atoms with van der Waals surface area (Å²) in [7, 11) is 3.65. The van der Waals surface area contributed by atoms with E-state index in [4.69, 9.17) is 14.1 Å². The molecule has 1 atom stereocenters. The molecule has 3 heterocycles. The van der Waals surface area contributed by atoms with Crippen LogP contribution in [0.4, 0.5) is 0 Å². The Morgan fingerprint density at radius 2 is 2.10 bits per heavy atom. The molecule has 1 unspecified atom stereocenters. The summed E-state index contributed by atoms with van der Waals surface area (Å²) in [5.74, 6) is 3.42. The fourth-order valence-corrected chi connectivity index (χ4v) is 3.50. The Labute approximate surface area is 172 Å². The first-order valence-corrected chi connectivity index (χ1v) is 10.3. The molecule has 0 radical (unpaired) electrons. The molecule has 3 rings (SSSR count). The lowest BCUT2D eigenvalue weighted by molar-refractivity contribution is 0.146. The topological polar surface area (TPSA) is 92.7 Å². The van der Waals surface area contributed by atoms with Crippen LogP contribution in [-0.2, 0) is 18.3 Å². The second-order valence-electron chi connectivity index (χ2n) is 7.32. The van der Waals surface area contributed by atoms with Crippen LogP contribution in [0.2, 0.25) is 0 Å². The SMILES string of the molecule is COCCNC(=NCc1nnc(C)n1C)NCC(c1ccco1)N1CCCCC1. The number of methoxy groups -OCH3 is 1. The van der Waals surface area contributed by atoms with E-state index in [1.165, 1.54) is 19.3 Å². The third-order valence-electron chi connectivity index (χ3n) is 5.33. The smallest absolute Gasteiger partial charge is 0.191 e. The van der Waals surface area contributed by atoms with E-state index in [-0.39, 0.29) is 6.04 Å². The standard InChI is InChI=1S/C20H33N7O2/c1-16-24-25-19(26(16)2)15-23-20(21-9-13-28-3)22-14-17(18-8-7-12-29-18)27-10-5-4-6-11-27/h7-8,12,17H,4-6,9-11,13-15H2,1-3H3,(H2,21,22,23).